The van der Waals surface area contributed by atoms with Crippen molar-refractivity contribution in [2.75, 3.05) is 0 Å². The number of hydrogen-bond donors (Lipinski definition) is 2. The molecule has 0 aliphatic heterocycles. The molecule has 0 atom stereocenters. The monoisotopic (exact) mass is 610 g/mol. The molecule has 0 radical (unpaired) electrons. The van der Waals surface area contributed by atoms with Crippen LogP contribution >= 0.6 is 31.9 Å². The van der Waals surface area contributed by atoms with Crippen molar-refractivity contribution in [3.05, 3.63) is 134 Å². The Morgan fingerprint density at radius 3 is 2.06 bits per heavy atom. The molecule has 0 aliphatic rings. The number of rotatable bonds is 8. The van der Waals surface area contributed by atoms with Crippen LogP contribution in [-0.4, -0.2) is 17.2 Å². The highest BCUT2D eigenvalue weighted by molar-refractivity contribution is 9.11. The lowest BCUT2D eigenvalue weighted by Gasteiger charge is -2.27. The lowest BCUT2D eigenvalue weighted by Crippen LogP contribution is -2.43. The van der Waals surface area contributed by atoms with Gasteiger partial charge in [0.25, 0.3) is 5.91 Å². The molecule has 0 heterocycles. The molecule has 4 rings (SSSR count). The minimum absolute atomic E-state index is 0.190. The molecule has 0 aromatic heterocycles. The summed E-state index contributed by atoms with van der Waals surface area (Å²) in [5.41, 5.74) is 2.75. The molecule has 0 spiro atoms. The molecule has 0 fully saturated rings. The van der Waals surface area contributed by atoms with Gasteiger partial charge in [0, 0.05) is 0 Å². The van der Waals surface area contributed by atoms with Gasteiger partial charge >= 0.3 is 0 Å². The van der Waals surface area contributed by atoms with Crippen molar-refractivity contribution in [1.29, 1.82) is 0 Å². The van der Waals surface area contributed by atoms with E-state index in [9.17, 15) is 14.3 Å². The van der Waals surface area contributed by atoms with E-state index in [4.69, 9.17) is 4.74 Å². The zero-order valence-corrected chi connectivity index (χ0v) is 22.0. The van der Waals surface area contributed by atoms with E-state index in [1.807, 2.05) is 12.1 Å². The Bertz CT molecular complexity index is 1320. The number of benzene rings is 4. The van der Waals surface area contributed by atoms with Gasteiger partial charge in [-0.3, -0.25) is 4.79 Å². The van der Waals surface area contributed by atoms with Gasteiger partial charge in [0.05, 0.1) is 15.2 Å². The third kappa shape index (κ3) is 5.90. The van der Waals surface area contributed by atoms with Gasteiger partial charge in [0.2, 0.25) is 0 Å². The smallest absolute Gasteiger partial charge is 0.281 e. The van der Waals surface area contributed by atoms with E-state index >= 15 is 0 Å². The number of aliphatic hydroxyl groups is 1. The Labute approximate surface area is 224 Å². The number of hydrazone groups is 1. The fourth-order valence-corrected chi connectivity index (χ4v) is 5.06. The summed E-state index contributed by atoms with van der Waals surface area (Å²) in [5.74, 6) is -0.471. The number of amides is 1. The molecular formula is C28H21Br2FN2O3. The topological polar surface area (TPSA) is 70.9 Å². The number of carbonyl (C=O) groups excluding carboxylic acids is 1. The van der Waals surface area contributed by atoms with E-state index < -0.39 is 11.5 Å². The molecule has 2 N–H and O–H groups in total. The van der Waals surface area contributed by atoms with Crippen LogP contribution in [0.5, 0.6) is 5.75 Å². The molecule has 1 amide bonds. The Morgan fingerprint density at radius 2 is 1.50 bits per heavy atom. The highest BCUT2D eigenvalue weighted by Gasteiger charge is 2.39. The van der Waals surface area contributed by atoms with Crippen molar-refractivity contribution < 1.29 is 19.0 Å². The predicted molar refractivity (Wildman–Crippen MR) is 144 cm³/mol. The number of carbonyl (C=O) groups is 1. The maximum Gasteiger partial charge on any atom is 0.281 e. The zero-order valence-electron chi connectivity index (χ0n) is 18.9. The summed E-state index contributed by atoms with van der Waals surface area (Å²) in [4.78, 5) is 13.1. The average molecular weight is 612 g/mol. The fourth-order valence-electron chi connectivity index (χ4n) is 3.61. The minimum Gasteiger partial charge on any atom is -0.487 e. The highest BCUT2D eigenvalue weighted by Crippen LogP contribution is 2.35. The number of hydrogen-bond acceptors (Lipinski definition) is 4. The van der Waals surface area contributed by atoms with E-state index in [-0.39, 0.29) is 12.4 Å². The summed E-state index contributed by atoms with van der Waals surface area (Å²) < 4.78 is 20.5. The van der Waals surface area contributed by atoms with Crippen LogP contribution in [0.3, 0.4) is 0 Å². The van der Waals surface area contributed by atoms with E-state index in [1.54, 1.807) is 72.8 Å². The Balaban J connectivity index is 1.49. The number of nitrogens with zero attached hydrogens (tertiary/aromatic N) is 1. The van der Waals surface area contributed by atoms with Crippen molar-refractivity contribution in [1.82, 2.24) is 5.43 Å². The SMILES string of the molecule is O=C(N/N=C/c1cc(Br)c(OCc2cccc(F)c2)c(Br)c1)C(O)(c1ccccc1)c1ccccc1. The van der Waals surface area contributed by atoms with Crippen molar-refractivity contribution >= 4 is 44.0 Å². The van der Waals surface area contributed by atoms with Crippen LogP contribution in [0.2, 0.25) is 0 Å². The first-order chi connectivity index (χ1) is 17.4. The molecular weight excluding hydrogens is 591 g/mol. The lowest BCUT2D eigenvalue weighted by molar-refractivity contribution is -0.136. The molecule has 0 unspecified atom stereocenters. The molecule has 0 bridgehead atoms. The third-order valence-corrected chi connectivity index (χ3v) is 6.56. The molecule has 8 heteroatoms. The standard InChI is InChI=1S/C28H21Br2FN2O3/c29-24-15-20(16-25(30)26(24)36-18-19-8-7-13-23(31)14-19)17-32-33-27(34)28(35,21-9-3-1-4-10-21)22-11-5-2-6-12-22/h1-17,35H,18H2,(H,33,34)/b32-17+. The summed E-state index contributed by atoms with van der Waals surface area (Å²) >= 11 is 6.96. The van der Waals surface area contributed by atoms with Gasteiger partial charge in [-0.1, -0.05) is 72.8 Å². The summed E-state index contributed by atoms with van der Waals surface area (Å²) in [6.07, 6.45) is 1.46. The minimum atomic E-state index is -1.92. The second-order valence-corrected chi connectivity index (χ2v) is 9.58. The molecule has 0 saturated carbocycles. The van der Waals surface area contributed by atoms with E-state index in [2.05, 4.69) is 42.4 Å². The quantitative estimate of drug-likeness (QED) is 0.181. The molecule has 0 aliphatic carbocycles. The number of ether oxygens (including phenoxy) is 1. The van der Waals surface area contributed by atoms with Crippen molar-refractivity contribution in [2.45, 2.75) is 12.2 Å². The van der Waals surface area contributed by atoms with Crippen LogP contribution in [-0.2, 0) is 17.0 Å². The van der Waals surface area contributed by atoms with Gasteiger partial charge in [0.15, 0.2) is 5.60 Å². The van der Waals surface area contributed by atoms with Crippen LogP contribution in [0, 0.1) is 5.82 Å². The Kier molecular flexibility index (Phi) is 8.30. The van der Waals surface area contributed by atoms with Crippen LogP contribution in [0.1, 0.15) is 22.3 Å². The van der Waals surface area contributed by atoms with Gasteiger partial charge in [-0.25, -0.2) is 9.82 Å². The molecule has 4 aromatic carbocycles. The number of nitrogens with one attached hydrogen (secondary N) is 1. The predicted octanol–water partition coefficient (Wildman–Crippen LogP) is 6.32. The summed E-state index contributed by atoms with van der Waals surface area (Å²) in [7, 11) is 0. The van der Waals surface area contributed by atoms with Crippen molar-refractivity contribution in [3.8, 4) is 5.75 Å². The summed E-state index contributed by atoms with van der Waals surface area (Å²) in [6, 6.07) is 27.1. The van der Waals surface area contributed by atoms with Gasteiger partial charge in [-0.05, 0) is 78.4 Å². The molecule has 5 nitrogen and oxygen atoms in total. The van der Waals surface area contributed by atoms with Gasteiger partial charge in [-0.2, -0.15) is 5.10 Å². The first-order valence-corrected chi connectivity index (χ1v) is 12.5. The normalized spacial score (nSPS) is 11.4. The van der Waals surface area contributed by atoms with Gasteiger partial charge in [0.1, 0.15) is 18.2 Å². The van der Waals surface area contributed by atoms with Crippen molar-refractivity contribution in [2.24, 2.45) is 5.10 Å². The average Bonchev–Trinajstić information content (AvgIpc) is 2.88. The van der Waals surface area contributed by atoms with Crippen LogP contribution < -0.4 is 10.2 Å². The fraction of sp³-hybridized carbons (Fsp3) is 0.0714. The number of halogens is 3. The maximum atomic E-state index is 13.4. The van der Waals surface area contributed by atoms with E-state index in [0.29, 0.717) is 36.9 Å². The van der Waals surface area contributed by atoms with Crippen molar-refractivity contribution in [3.63, 3.8) is 0 Å². The third-order valence-electron chi connectivity index (χ3n) is 5.38. The Hall–Kier alpha value is -3.33. The molecule has 182 valence electrons. The second-order valence-electron chi connectivity index (χ2n) is 7.87. The lowest BCUT2D eigenvalue weighted by atomic mass is 9.85. The van der Waals surface area contributed by atoms with Gasteiger partial charge in [-0.15, -0.1) is 0 Å². The first-order valence-electron chi connectivity index (χ1n) is 10.9. The molecule has 4 aromatic rings. The highest BCUT2D eigenvalue weighted by atomic mass is 79.9. The first kappa shape index (κ1) is 25.8. The molecule has 0 saturated heterocycles. The summed E-state index contributed by atoms with van der Waals surface area (Å²) in [5, 5.41) is 15.5. The van der Waals surface area contributed by atoms with E-state index in [0.717, 1.165) is 0 Å². The second kappa shape index (κ2) is 11.6. The maximum absolute atomic E-state index is 13.4. The summed E-state index contributed by atoms with van der Waals surface area (Å²) in [6.45, 7) is 0.190. The van der Waals surface area contributed by atoms with E-state index in [1.165, 1.54) is 18.3 Å². The van der Waals surface area contributed by atoms with Crippen LogP contribution in [0.25, 0.3) is 0 Å². The largest absolute Gasteiger partial charge is 0.487 e. The van der Waals surface area contributed by atoms with Crippen LogP contribution in [0.4, 0.5) is 4.39 Å². The van der Waals surface area contributed by atoms with Crippen LogP contribution in [0.15, 0.2) is 111 Å². The zero-order chi connectivity index (χ0) is 25.5. The Morgan fingerprint density at radius 1 is 0.917 bits per heavy atom. The van der Waals surface area contributed by atoms with Gasteiger partial charge < -0.3 is 9.84 Å². The molecule has 36 heavy (non-hydrogen) atoms.